The number of carbonyl (C=O) groups excluding carboxylic acids is 2. The Morgan fingerprint density at radius 1 is 0.844 bits per heavy atom. The van der Waals surface area contributed by atoms with E-state index in [0.29, 0.717) is 15.7 Å². The molecule has 0 N–H and O–H groups in total. The smallest absolute Gasteiger partial charge is 0.240 e. The first-order valence-corrected chi connectivity index (χ1v) is 11.9. The van der Waals surface area contributed by atoms with Crippen LogP contribution in [0.25, 0.3) is 10.2 Å². The van der Waals surface area contributed by atoms with Crippen molar-refractivity contribution in [1.82, 2.24) is 4.98 Å². The van der Waals surface area contributed by atoms with E-state index in [-0.39, 0.29) is 23.7 Å². The number of thiazole rings is 1. The van der Waals surface area contributed by atoms with Crippen LogP contribution in [0.2, 0.25) is 5.02 Å². The van der Waals surface area contributed by atoms with Gasteiger partial charge in [-0.25, -0.2) is 9.88 Å². The molecule has 32 heavy (non-hydrogen) atoms. The van der Waals surface area contributed by atoms with Crippen LogP contribution in [-0.4, -0.2) is 16.8 Å². The van der Waals surface area contributed by atoms with Gasteiger partial charge >= 0.3 is 0 Å². The van der Waals surface area contributed by atoms with Crippen molar-refractivity contribution >= 4 is 50.1 Å². The highest BCUT2D eigenvalue weighted by Gasteiger charge is 2.62. The quantitative estimate of drug-likeness (QED) is 0.347. The lowest BCUT2D eigenvalue weighted by atomic mass is 9.55. The van der Waals surface area contributed by atoms with Crippen LogP contribution in [-0.2, 0) is 9.59 Å². The summed E-state index contributed by atoms with van der Waals surface area (Å²) in [6, 6.07) is 20.3. The number of aromatic nitrogens is 1. The lowest BCUT2D eigenvalue weighted by molar-refractivity contribution is -0.122. The zero-order valence-corrected chi connectivity index (χ0v) is 18.7. The van der Waals surface area contributed by atoms with Gasteiger partial charge in [0.2, 0.25) is 11.8 Å². The Labute approximate surface area is 193 Å². The number of fused-ring (bicyclic) bond motifs is 1. The van der Waals surface area contributed by atoms with Crippen LogP contribution in [0.15, 0.2) is 60.7 Å². The molecule has 2 atom stereocenters. The molecule has 2 heterocycles. The van der Waals surface area contributed by atoms with Gasteiger partial charge in [-0.15, -0.1) is 0 Å². The molecule has 6 heteroatoms. The van der Waals surface area contributed by atoms with Gasteiger partial charge in [0.15, 0.2) is 5.13 Å². The molecule has 4 aliphatic rings. The van der Waals surface area contributed by atoms with Crippen molar-refractivity contribution in [2.75, 3.05) is 4.90 Å². The Hall–Kier alpha value is -3.02. The van der Waals surface area contributed by atoms with Crippen LogP contribution in [0.5, 0.6) is 0 Å². The van der Waals surface area contributed by atoms with Gasteiger partial charge < -0.3 is 0 Å². The molecule has 1 saturated heterocycles. The lowest BCUT2D eigenvalue weighted by Gasteiger charge is -2.45. The second-order valence-electron chi connectivity index (χ2n) is 8.84. The Morgan fingerprint density at radius 3 is 1.84 bits per heavy atom. The van der Waals surface area contributed by atoms with Gasteiger partial charge in [0, 0.05) is 16.9 Å². The lowest BCUT2D eigenvalue weighted by Crippen LogP contribution is -2.41. The molecule has 156 valence electrons. The molecule has 0 saturated carbocycles. The molecule has 2 bridgehead atoms. The number of carbonyl (C=O) groups is 2. The first kappa shape index (κ1) is 18.5. The van der Waals surface area contributed by atoms with E-state index < -0.39 is 11.8 Å². The van der Waals surface area contributed by atoms with Crippen molar-refractivity contribution in [3.05, 3.63) is 93.5 Å². The topological polar surface area (TPSA) is 50.3 Å². The van der Waals surface area contributed by atoms with Gasteiger partial charge in [0.25, 0.3) is 0 Å². The molecule has 0 spiro atoms. The standard InChI is InChI=1S/C26H17ClN2O2S/c1-12-10-19-18(11-17(12)27)28-26(32-19)29-24(30)22-20-13-6-2-3-7-14(13)21(23(22)25(29)31)16-9-5-4-8-15(16)20/h2-11,20-23H,1H3/t20?,21?,22-,23-/m1/s1. The highest BCUT2D eigenvalue weighted by atomic mass is 35.5. The Kier molecular flexibility index (Phi) is 3.63. The van der Waals surface area contributed by atoms with Gasteiger partial charge in [-0.05, 0) is 46.9 Å². The number of amides is 2. The summed E-state index contributed by atoms with van der Waals surface area (Å²) in [4.78, 5) is 33.6. The molecule has 1 aromatic heterocycles. The van der Waals surface area contributed by atoms with Gasteiger partial charge in [-0.1, -0.05) is 71.5 Å². The van der Waals surface area contributed by atoms with E-state index in [9.17, 15) is 9.59 Å². The van der Waals surface area contributed by atoms with Crippen LogP contribution in [0.1, 0.15) is 39.7 Å². The fourth-order valence-electron chi connectivity index (χ4n) is 6.00. The fourth-order valence-corrected chi connectivity index (χ4v) is 7.21. The summed E-state index contributed by atoms with van der Waals surface area (Å²) in [5.74, 6) is -1.28. The van der Waals surface area contributed by atoms with E-state index in [2.05, 4.69) is 29.2 Å². The molecular weight excluding hydrogens is 440 g/mol. The van der Waals surface area contributed by atoms with Crippen molar-refractivity contribution in [3.8, 4) is 0 Å². The van der Waals surface area contributed by atoms with Crippen molar-refractivity contribution in [2.24, 2.45) is 11.8 Å². The second kappa shape index (κ2) is 6.27. The maximum atomic E-state index is 13.8. The third-order valence-corrected chi connectivity index (χ3v) is 8.71. The SMILES string of the molecule is Cc1cc2sc(N3C(=O)[C@@H]4C5c6ccccc6C(c6ccccc65)[C@H]4C3=O)nc2cc1Cl. The maximum absolute atomic E-state index is 13.8. The largest absolute Gasteiger partial charge is 0.274 e. The average Bonchev–Trinajstić information content (AvgIpc) is 3.31. The second-order valence-corrected chi connectivity index (χ2v) is 10.3. The summed E-state index contributed by atoms with van der Waals surface area (Å²) in [5, 5.41) is 1.07. The Balaban J connectivity index is 1.41. The molecule has 4 aromatic rings. The molecule has 0 unspecified atom stereocenters. The average molecular weight is 457 g/mol. The zero-order chi connectivity index (χ0) is 21.7. The summed E-state index contributed by atoms with van der Waals surface area (Å²) in [6.45, 7) is 1.94. The minimum atomic E-state index is -0.394. The van der Waals surface area contributed by atoms with Gasteiger partial charge in [0.05, 0.1) is 22.1 Å². The molecule has 1 aliphatic heterocycles. The first-order valence-electron chi connectivity index (χ1n) is 10.7. The van der Waals surface area contributed by atoms with E-state index in [0.717, 1.165) is 10.3 Å². The molecule has 0 radical (unpaired) electrons. The molecule has 3 aliphatic carbocycles. The highest BCUT2D eigenvalue weighted by Crippen LogP contribution is 2.61. The number of nitrogens with zero attached hydrogens (tertiary/aromatic N) is 2. The highest BCUT2D eigenvalue weighted by molar-refractivity contribution is 7.22. The van der Waals surface area contributed by atoms with Crippen LogP contribution in [0.3, 0.4) is 0 Å². The molecule has 3 aromatic carbocycles. The number of aryl methyl sites for hydroxylation is 1. The molecule has 4 nitrogen and oxygen atoms in total. The van der Waals surface area contributed by atoms with Crippen LogP contribution in [0.4, 0.5) is 5.13 Å². The number of halogens is 1. The fraction of sp³-hybridized carbons (Fsp3) is 0.192. The van der Waals surface area contributed by atoms with Crippen molar-refractivity contribution in [1.29, 1.82) is 0 Å². The summed E-state index contributed by atoms with van der Waals surface area (Å²) >= 11 is 7.66. The predicted octanol–water partition coefficient (Wildman–Crippen LogP) is 5.65. The monoisotopic (exact) mass is 456 g/mol. The van der Waals surface area contributed by atoms with Gasteiger partial charge in [0.1, 0.15) is 0 Å². The number of hydrogen-bond acceptors (Lipinski definition) is 4. The van der Waals surface area contributed by atoms with Crippen LogP contribution >= 0.6 is 22.9 Å². The summed E-state index contributed by atoms with van der Waals surface area (Å²) in [7, 11) is 0. The minimum absolute atomic E-state index is 0.107. The van der Waals surface area contributed by atoms with Crippen LogP contribution < -0.4 is 4.90 Å². The number of benzene rings is 3. The molecule has 1 fully saturated rings. The van der Waals surface area contributed by atoms with E-state index in [4.69, 9.17) is 11.6 Å². The number of rotatable bonds is 1. The van der Waals surface area contributed by atoms with E-state index >= 15 is 0 Å². The van der Waals surface area contributed by atoms with Gasteiger partial charge in [-0.3, -0.25) is 9.59 Å². The summed E-state index contributed by atoms with van der Waals surface area (Å²) in [6.07, 6.45) is 0. The summed E-state index contributed by atoms with van der Waals surface area (Å²) in [5.41, 5.74) is 6.36. The predicted molar refractivity (Wildman–Crippen MR) is 125 cm³/mol. The van der Waals surface area contributed by atoms with E-state index in [1.54, 1.807) is 6.07 Å². The van der Waals surface area contributed by atoms with Gasteiger partial charge in [-0.2, -0.15) is 0 Å². The molecular formula is C26H17ClN2O2S. The molecule has 2 amide bonds. The van der Waals surface area contributed by atoms with Crippen molar-refractivity contribution in [3.63, 3.8) is 0 Å². The van der Waals surface area contributed by atoms with Crippen molar-refractivity contribution < 1.29 is 9.59 Å². The Bertz CT molecular complexity index is 1340. The number of anilines is 1. The van der Waals surface area contributed by atoms with Crippen LogP contribution in [0, 0.1) is 18.8 Å². The Morgan fingerprint density at radius 2 is 1.34 bits per heavy atom. The number of imide groups is 1. The zero-order valence-electron chi connectivity index (χ0n) is 17.1. The first-order chi connectivity index (χ1) is 15.5. The summed E-state index contributed by atoms with van der Waals surface area (Å²) < 4.78 is 0.923. The number of hydrogen-bond donors (Lipinski definition) is 0. The third-order valence-electron chi connectivity index (χ3n) is 7.30. The maximum Gasteiger partial charge on any atom is 0.240 e. The molecule has 8 rings (SSSR count). The normalized spacial score (nSPS) is 25.2. The third kappa shape index (κ3) is 2.20. The minimum Gasteiger partial charge on any atom is -0.274 e. The van der Waals surface area contributed by atoms with Crippen molar-refractivity contribution in [2.45, 2.75) is 18.8 Å². The van der Waals surface area contributed by atoms with E-state index in [1.807, 2.05) is 37.3 Å². The van der Waals surface area contributed by atoms with E-state index in [1.165, 1.54) is 38.5 Å².